The monoisotopic (exact) mass is 461 g/mol. The Morgan fingerprint density at radius 2 is 2.03 bits per heavy atom. The number of amides is 2. The molecule has 1 aliphatic heterocycles. The van der Waals surface area contributed by atoms with E-state index in [1.54, 1.807) is 0 Å². The number of aromatic nitrogens is 4. The maximum atomic E-state index is 12.4. The minimum atomic E-state index is -1.42. The van der Waals surface area contributed by atoms with Crippen LogP contribution in [0.15, 0.2) is 6.33 Å². The van der Waals surface area contributed by atoms with Crippen molar-refractivity contribution < 1.29 is 29.3 Å². The van der Waals surface area contributed by atoms with Gasteiger partial charge in [0.15, 0.2) is 29.6 Å². The van der Waals surface area contributed by atoms with E-state index in [2.05, 4.69) is 20.3 Å². The molecule has 5 rings (SSSR count). The van der Waals surface area contributed by atoms with Crippen molar-refractivity contribution >= 4 is 29.0 Å². The molecule has 2 amide bonds. The predicted molar refractivity (Wildman–Crippen MR) is 112 cm³/mol. The van der Waals surface area contributed by atoms with Crippen molar-refractivity contribution in [1.82, 2.24) is 29.7 Å². The lowest BCUT2D eigenvalue weighted by Crippen LogP contribution is -2.43. The van der Waals surface area contributed by atoms with Crippen molar-refractivity contribution in [3.05, 3.63) is 12.2 Å². The van der Waals surface area contributed by atoms with Gasteiger partial charge in [-0.25, -0.2) is 19.7 Å². The fourth-order valence-corrected chi connectivity index (χ4v) is 3.97. The summed E-state index contributed by atoms with van der Waals surface area (Å²) in [5.41, 5.74) is 6.62. The lowest BCUT2D eigenvalue weighted by atomic mass is 10.1. The van der Waals surface area contributed by atoms with E-state index < -0.39 is 36.5 Å². The molecule has 3 heterocycles. The molecule has 2 aliphatic carbocycles. The van der Waals surface area contributed by atoms with Crippen LogP contribution in [0.5, 0.6) is 0 Å². The molecule has 178 valence electrons. The van der Waals surface area contributed by atoms with E-state index in [0.29, 0.717) is 12.5 Å². The van der Waals surface area contributed by atoms with Gasteiger partial charge in [0.25, 0.3) is 5.91 Å². The first kappa shape index (κ1) is 21.8. The van der Waals surface area contributed by atoms with Crippen molar-refractivity contribution in [3.63, 3.8) is 0 Å². The lowest BCUT2D eigenvalue weighted by Gasteiger charge is -2.20. The number of ether oxygens (including phenoxy) is 2. The Morgan fingerprint density at radius 3 is 2.70 bits per heavy atom. The van der Waals surface area contributed by atoms with Crippen molar-refractivity contribution in [2.75, 3.05) is 19.4 Å². The predicted octanol–water partition coefficient (Wildman–Crippen LogP) is -0.715. The maximum absolute atomic E-state index is 12.4. The molecule has 3 fully saturated rings. The van der Waals surface area contributed by atoms with Crippen LogP contribution in [0.2, 0.25) is 0 Å². The third kappa shape index (κ3) is 4.30. The second kappa shape index (κ2) is 8.39. The zero-order valence-corrected chi connectivity index (χ0v) is 18.1. The first-order valence-corrected chi connectivity index (χ1v) is 11.0. The highest BCUT2D eigenvalue weighted by Gasteiger charge is 2.48. The van der Waals surface area contributed by atoms with Crippen LogP contribution in [0.3, 0.4) is 0 Å². The minimum absolute atomic E-state index is 0.0810. The van der Waals surface area contributed by atoms with E-state index in [1.807, 2.05) is 0 Å². The molecule has 13 nitrogen and oxygen atoms in total. The van der Waals surface area contributed by atoms with Crippen LogP contribution in [0.4, 0.5) is 10.6 Å². The second-order valence-corrected chi connectivity index (χ2v) is 8.85. The van der Waals surface area contributed by atoms with Crippen molar-refractivity contribution in [2.45, 2.75) is 62.8 Å². The second-order valence-electron chi connectivity index (χ2n) is 8.85. The summed E-state index contributed by atoms with van der Waals surface area (Å²) in [6, 6.07) is 0.0852. The summed E-state index contributed by atoms with van der Waals surface area (Å²) in [6.45, 7) is 0.610. The van der Waals surface area contributed by atoms with Gasteiger partial charge in [0.2, 0.25) is 0 Å². The van der Waals surface area contributed by atoms with Gasteiger partial charge in [0, 0.05) is 12.6 Å². The number of aliphatic hydroxyl groups is 2. The number of methoxy groups -OCH3 is 1. The molecule has 3 aliphatic rings. The van der Waals surface area contributed by atoms with Gasteiger partial charge in [-0.3, -0.25) is 9.36 Å². The Morgan fingerprint density at radius 1 is 1.27 bits per heavy atom. The van der Waals surface area contributed by atoms with Crippen LogP contribution >= 0.6 is 0 Å². The highest BCUT2D eigenvalue weighted by Crippen LogP contribution is 2.33. The van der Waals surface area contributed by atoms with Gasteiger partial charge in [0.05, 0.1) is 20.0 Å². The SMILES string of the molecule is COC(=O)N(Cc1nc(N)c2ncn([C@@H]3O[C@H](C(=O)NC4CC4)C(O)C3O)c2n1)CC1CC1. The number of nitrogen functional groups attached to an aromatic ring is 1. The van der Waals surface area contributed by atoms with Gasteiger partial charge in [-0.2, -0.15) is 0 Å². The topological polar surface area (TPSA) is 178 Å². The summed E-state index contributed by atoms with van der Waals surface area (Å²) in [4.78, 5) is 39.1. The highest BCUT2D eigenvalue weighted by molar-refractivity contribution is 5.83. The molecule has 4 atom stereocenters. The summed E-state index contributed by atoms with van der Waals surface area (Å²) in [7, 11) is 1.32. The van der Waals surface area contributed by atoms with E-state index in [0.717, 1.165) is 25.7 Å². The standard InChI is InChI=1S/C20H27N7O6/c1-32-20(31)26(6-9-2-3-9)7-11-24-16(21)12-17(25-11)27(8-22-12)19-14(29)13(28)15(33-19)18(30)23-10-4-5-10/h8-10,13-15,19,28-29H,2-7H2,1H3,(H,23,30)(H2,21,24,25)/t13?,14?,15-,19+/m0/s1. The normalized spacial score (nSPS) is 27.0. The molecule has 1 saturated heterocycles. The molecule has 0 radical (unpaired) electrons. The molecule has 0 aromatic carbocycles. The van der Waals surface area contributed by atoms with Crippen molar-refractivity contribution in [3.8, 4) is 0 Å². The van der Waals surface area contributed by atoms with Crippen LogP contribution in [0.25, 0.3) is 11.2 Å². The molecular formula is C20H27N7O6. The number of hydrogen-bond acceptors (Lipinski definition) is 10. The van der Waals surface area contributed by atoms with Crippen LogP contribution in [0, 0.1) is 5.92 Å². The lowest BCUT2D eigenvalue weighted by molar-refractivity contribution is -0.137. The van der Waals surface area contributed by atoms with Crippen LogP contribution in [-0.4, -0.2) is 84.6 Å². The van der Waals surface area contributed by atoms with Crippen LogP contribution < -0.4 is 11.1 Å². The number of hydrogen-bond donors (Lipinski definition) is 4. The molecule has 5 N–H and O–H groups in total. The van der Waals surface area contributed by atoms with Crippen LogP contribution in [-0.2, 0) is 20.8 Å². The smallest absolute Gasteiger partial charge is 0.409 e. The summed E-state index contributed by atoms with van der Waals surface area (Å²) >= 11 is 0. The van der Waals surface area contributed by atoms with Crippen LogP contribution in [0.1, 0.15) is 37.7 Å². The Bertz CT molecular complexity index is 1070. The summed E-state index contributed by atoms with van der Waals surface area (Å²) in [5.74, 6) is 0.322. The van der Waals surface area contributed by atoms with E-state index in [1.165, 1.54) is 22.9 Å². The Labute approximate surface area is 188 Å². The fourth-order valence-electron chi connectivity index (χ4n) is 3.97. The van der Waals surface area contributed by atoms with E-state index >= 15 is 0 Å². The maximum Gasteiger partial charge on any atom is 0.409 e. The Balaban J connectivity index is 1.41. The average molecular weight is 461 g/mol. The number of imidazole rings is 1. The molecular weight excluding hydrogens is 434 g/mol. The van der Waals surface area contributed by atoms with Gasteiger partial charge in [0.1, 0.15) is 17.7 Å². The minimum Gasteiger partial charge on any atom is -0.453 e. The zero-order chi connectivity index (χ0) is 23.3. The average Bonchev–Trinajstić information content (AvgIpc) is 3.71. The number of anilines is 1. The third-order valence-corrected chi connectivity index (χ3v) is 6.13. The van der Waals surface area contributed by atoms with E-state index in [9.17, 15) is 19.8 Å². The summed E-state index contributed by atoms with van der Waals surface area (Å²) < 4.78 is 12.0. The first-order valence-electron chi connectivity index (χ1n) is 11.0. The number of nitrogens with one attached hydrogen (secondary N) is 1. The van der Waals surface area contributed by atoms with Gasteiger partial charge >= 0.3 is 6.09 Å². The van der Waals surface area contributed by atoms with Crippen molar-refractivity contribution in [2.24, 2.45) is 5.92 Å². The fraction of sp³-hybridized carbons (Fsp3) is 0.650. The molecule has 2 aromatic rings. The number of nitrogens with two attached hydrogens (primary N) is 1. The van der Waals surface area contributed by atoms with Gasteiger partial charge in [-0.05, 0) is 31.6 Å². The van der Waals surface area contributed by atoms with Gasteiger partial charge in [-0.1, -0.05) is 0 Å². The molecule has 2 saturated carbocycles. The zero-order valence-electron chi connectivity index (χ0n) is 18.1. The number of aliphatic hydroxyl groups excluding tert-OH is 2. The number of carbonyl (C=O) groups is 2. The van der Waals surface area contributed by atoms with Gasteiger partial charge < -0.3 is 35.6 Å². The third-order valence-electron chi connectivity index (χ3n) is 6.13. The van der Waals surface area contributed by atoms with E-state index in [4.69, 9.17) is 15.2 Å². The Kier molecular flexibility index (Phi) is 5.54. The number of nitrogens with zero attached hydrogens (tertiary/aromatic N) is 5. The number of carbonyl (C=O) groups excluding carboxylic acids is 2. The quantitative estimate of drug-likeness (QED) is 0.411. The molecule has 2 aromatic heterocycles. The number of fused-ring (bicyclic) bond motifs is 1. The highest BCUT2D eigenvalue weighted by atomic mass is 16.6. The summed E-state index contributed by atoms with van der Waals surface area (Å²) in [6.07, 6.45) is -0.390. The molecule has 0 bridgehead atoms. The van der Waals surface area contributed by atoms with Crippen molar-refractivity contribution in [1.29, 1.82) is 0 Å². The molecule has 2 unspecified atom stereocenters. The van der Waals surface area contributed by atoms with E-state index in [-0.39, 0.29) is 35.4 Å². The number of rotatable bonds is 7. The largest absolute Gasteiger partial charge is 0.453 e. The Hall–Kier alpha value is -3.03. The molecule has 0 spiro atoms. The first-order chi connectivity index (χ1) is 15.9. The summed E-state index contributed by atoms with van der Waals surface area (Å²) in [5, 5.41) is 23.8. The van der Waals surface area contributed by atoms with Gasteiger partial charge in [-0.15, -0.1) is 0 Å². The molecule has 33 heavy (non-hydrogen) atoms. The molecule has 13 heteroatoms.